The van der Waals surface area contributed by atoms with E-state index >= 15 is 0 Å². The van der Waals surface area contributed by atoms with Crippen molar-refractivity contribution in [2.45, 2.75) is 19.3 Å². The molecule has 5 N–H and O–H groups in total. The number of hydrazine groups is 1. The van der Waals surface area contributed by atoms with Crippen molar-refractivity contribution < 1.29 is 13.2 Å². The number of anilines is 4. The van der Waals surface area contributed by atoms with Gasteiger partial charge in [0, 0.05) is 27.7 Å². The van der Waals surface area contributed by atoms with E-state index in [4.69, 9.17) is 12.2 Å². The van der Waals surface area contributed by atoms with Crippen molar-refractivity contribution in [2.75, 3.05) is 21.4 Å². The highest BCUT2D eigenvalue weighted by atomic mass is 79.9. The molecule has 14 heteroatoms. The van der Waals surface area contributed by atoms with Gasteiger partial charge in [-0.2, -0.15) is 28.1 Å². The predicted molar refractivity (Wildman–Crippen MR) is 157 cm³/mol. The predicted octanol–water partition coefficient (Wildman–Crippen LogP) is 6.95. The van der Waals surface area contributed by atoms with Crippen LogP contribution in [0.4, 0.5) is 36.7 Å². The molecule has 3 aromatic carbocycles. The van der Waals surface area contributed by atoms with E-state index in [-0.39, 0.29) is 11.1 Å². The molecule has 0 aliphatic carbocycles. The summed E-state index contributed by atoms with van der Waals surface area (Å²) >= 11 is 12.1. The van der Waals surface area contributed by atoms with Crippen LogP contribution in [-0.2, 0) is 19.3 Å². The average molecular weight is 682 g/mol. The third-order valence-electron chi connectivity index (χ3n) is 5.12. The Labute approximate surface area is 244 Å². The Kier molecular flexibility index (Phi) is 9.54. The third-order valence-corrected chi connectivity index (χ3v) is 6.38. The quantitative estimate of drug-likeness (QED) is 0.0949. The summed E-state index contributed by atoms with van der Waals surface area (Å²) in [7, 11) is 0. The van der Waals surface area contributed by atoms with Gasteiger partial charge in [-0.25, -0.2) is 0 Å². The van der Waals surface area contributed by atoms with Crippen molar-refractivity contribution in [1.29, 1.82) is 0 Å². The van der Waals surface area contributed by atoms with Crippen LogP contribution < -0.4 is 26.8 Å². The summed E-state index contributed by atoms with van der Waals surface area (Å²) in [6.07, 6.45) is -4.41. The molecule has 0 spiro atoms. The van der Waals surface area contributed by atoms with Gasteiger partial charge in [-0.15, -0.1) is 0 Å². The van der Waals surface area contributed by atoms with Crippen LogP contribution in [0.15, 0.2) is 81.7 Å². The molecule has 0 saturated carbocycles. The summed E-state index contributed by atoms with van der Waals surface area (Å²) in [6, 6.07) is 20.2. The molecule has 0 aliphatic rings. The van der Waals surface area contributed by atoms with Gasteiger partial charge in [-0.1, -0.05) is 56.1 Å². The van der Waals surface area contributed by atoms with Crippen LogP contribution in [0.25, 0.3) is 0 Å². The SMILES string of the molecule is FC(F)(F)c1ccc(NC(=S)NNc2nc(NCc3ccc(Br)cc3)nc(NCc3ccc(Br)cc3)n2)cc1. The van der Waals surface area contributed by atoms with Gasteiger partial charge in [-0.3, -0.25) is 10.9 Å². The first-order valence-corrected chi connectivity index (χ1v) is 13.4. The number of thiocarbonyl (C=S) groups is 1. The Morgan fingerprint density at radius 3 is 1.62 bits per heavy atom. The molecule has 0 saturated heterocycles. The lowest BCUT2D eigenvalue weighted by molar-refractivity contribution is -0.137. The van der Waals surface area contributed by atoms with E-state index < -0.39 is 11.7 Å². The molecule has 0 amide bonds. The Morgan fingerprint density at radius 1 is 0.692 bits per heavy atom. The van der Waals surface area contributed by atoms with Crippen LogP contribution in [0.1, 0.15) is 16.7 Å². The standard InChI is InChI=1S/C25H21Br2F3N8S/c26-18-7-1-15(2-8-18)13-31-21-34-22(32-14-16-3-9-19(27)10-4-16)36-23(35-21)37-38-24(39)33-20-11-5-17(6-12-20)25(28,29)30/h1-12H,13-14H2,(H2,33,38,39)(H3,31,32,34,35,36,37). The van der Waals surface area contributed by atoms with Crippen molar-refractivity contribution in [3.63, 3.8) is 0 Å². The van der Waals surface area contributed by atoms with E-state index in [2.05, 4.69) is 73.6 Å². The van der Waals surface area contributed by atoms with E-state index in [1.165, 1.54) is 12.1 Å². The molecule has 202 valence electrons. The molecule has 0 bridgehead atoms. The molecule has 0 atom stereocenters. The summed E-state index contributed by atoms with van der Waals surface area (Å²) in [5, 5.41) is 9.26. The van der Waals surface area contributed by atoms with Crippen LogP contribution in [0, 0.1) is 0 Å². The lowest BCUT2D eigenvalue weighted by atomic mass is 10.2. The number of aromatic nitrogens is 3. The molecule has 0 unspecified atom stereocenters. The zero-order valence-corrected chi connectivity index (χ0v) is 24.0. The number of halogens is 5. The average Bonchev–Trinajstić information content (AvgIpc) is 2.91. The summed E-state index contributed by atoms with van der Waals surface area (Å²) in [5.41, 5.74) is 7.22. The minimum absolute atomic E-state index is 0.101. The minimum Gasteiger partial charge on any atom is -0.350 e. The maximum atomic E-state index is 12.8. The topological polar surface area (TPSA) is 98.8 Å². The molecule has 4 aromatic rings. The number of nitrogens with one attached hydrogen (secondary N) is 5. The maximum Gasteiger partial charge on any atom is 0.416 e. The number of alkyl halides is 3. The zero-order chi connectivity index (χ0) is 27.8. The highest BCUT2D eigenvalue weighted by Crippen LogP contribution is 2.29. The lowest BCUT2D eigenvalue weighted by Gasteiger charge is -2.14. The summed E-state index contributed by atoms with van der Waals surface area (Å²) in [4.78, 5) is 13.2. The third kappa shape index (κ3) is 9.04. The largest absolute Gasteiger partial charge is 0.416 e. The monoisotopic (exact) mass is 680 g/mol. The Bertz CT molecular complexity index is 1340. The molecule has 4 rings (SSSR count). The zero-order valence-electron chi connectivity index (χ0n) is 20.0. The second-order valence-corrected chi connectivity index (χ2v) is 10.3. The first-order valence-electron chi connectivity index (χ1n) is 11.4. The van der Waals surface area contributed by atoms with Gasteiger partial charge in [0.05, 0.1) is 5.56 Å². The van der Waals surface area contributed by atoms with Gasteiger partial charge < -0.3 is 16.0 Å². The second kappa shape index (κ2) is 13.0. The number of nitrogens with zero attached hydrogens (tertiary/aromatic N) is 3. The number of hydrogen-bond acceptors (Lipinski definition) is 7. The van der Waals surface area contributed by atoms with E-state index in [1.54, 1.807) is 0 Å². The van der Waals surface area contributed by atoms with Gasteiger partial charge in [-0.05, 0) is 71.9 Å². The van der Waals surface area contributed by atoms with Crippen LogP contribution >= 0.6 is 44.1 Å². The summed E-state index contributed by atoms with van der Waals surface area (Å²) in [5.74, 6) is 0.799. The fraction of sp³-hybridized carbons (Fsp3) is 0.120. The number of rotatable bonds is 9. The molecular weight excluding hydrogens is 661 g/mol. The van der Waals surface area contributed by atoms with Crippen molar-refractivity contribution in [3.8, 4) is 0 Å². The van der Waals surface area contributed by atoms with Crippen LogP contribution in [0.2, 0.25) is 0 Å². The fourth-order valence-corrected chi connectivity index (χ4v) is 3.87. The fourth-order valence-electron chi connectivity index (χ4n) is 3.17. The van der Waals surface area contributed by atoms with Gasteiger partial charge in [0.15, 0.2) is 5.11 Å². The normalized spacial score (nSPS) is 11.0. The van der Waals surface area contributed by atoms with E-state index in [0.717, 1.165) is 32.2 Å². The Hall–Kier alpha value is -3.49. The number of benzene rings is 3. The van der Waals surface area contributed by atoms with Crippen molar-refractivity contribution in [1.82, 2.24) is 20.4 Å². The Morgan fingerprint density at radius 2 is 1.15 bits per heavy atom. The highest BCUT2D eigenvalue weighted by Gasteiger charge is 2.29. The van der Waals surface area contributed by atoms with Crippen LogP contribution in [0.5, 0.6) is 0 Å². The van der Waals surface area contributed by atoms with Gasteiger partial charge in [0.25, 0.3) is 0 Å². The minimum atomic E-state index is -4.41. The molecule has 0 aliphatic heterocycles. The van der Waals surface area contributed by atoms with Gasteiger partial charge in [0.2, 0.25) is 17.8 Å². The first-order chi connectivity index (χ1) is 18.6. The maximum absolute atomic E-state index is 12.8. The summed E-state index contributed by atoms with van der Waals surface area (Å²) < 4.78 is 40.3. The lowest BCUT2D eigenvalue weighted by Crippen LogP contribution is -2.34. The summed E-state index contributed by atoms with van der Waals surface area (Å²) in [6.45, 7) is 0.953. The van der Waals surface area contributed by atoms with E-state index in [9.17, 15) is 13.2 Å². The molecular formula is C25H21Br2F3N8S. The molecule has 1 heterocycles. The van der Waals surface area contributed by atoms with Gasteiger partial charge >= 0.3 is 6.18 Å². The van der Waals surface area contributed by atoms with Crippen LogP contribution in [0.3, 0.4) is 0 Å². The van der Waals surface area contributed by atoms with Crippen molar-refractivity contribution in [2.24, 2.45) is 0 Å². The molecule has 8 nitrogen and oxygen atoms in total. The molecule has 0 radical (unpaired) electrons. The van der Waals surface area contributed by atoms with Crippen molar-refractivity contribution >= 4 is 72.7 Å². The van der Waals surface area contributed by atoms with Crippen LogP contribution in [-0.4, -0.2) is 20.1 Å². The smallest absolute Gasteiger partial charge is 0.350 e. The molecule has 39 heavy (non-hydrogen) atoms. The second-order valence-electron chi connectivity index (χ2n) is 8.05. The van der Waals surface area contributed by atoms with Gasteiger partial charge in [0.1, 0.15) is 0 Å². The number of hydrogen-bond donors (Lipinski definition) is 5. The molecule has 1 aromatic heterocycles. The van der Waals surface area contributed by atoms with E-state index in [1.807, 2.05) is 48.5 Å². The Balaban J connectivity index is 1.42. The highest BCUT2D eigenvalue weighted by molar-refractivity contribution is 9.10. The van der Waals surface area contributed by atoms with Crippen molar-refractivity contribution in [3.05, 3.63) is 98.4 Å². The molecule has 0 fully saturated rings. The van der Waals surface area contributed by atoms with E-state index in [0.29, 0.717) is 30.7 Å². The first kappa shape index (κ1) is 28.5.